The molecule has 1 unspecified atom stereocenters. The molecule has 1 atom stereocenters. The molecule has 1 N–H and O–H groups in total. The van der Waals surface area contributed by atoms with Gasteiger partial charge in [-0.1, -0.05) is 6.92 Å². The van der Waals surface area contributed by atoms with Gasteiger partial charge in [0.05, 0.1) is 4.90 Å². The van der Waals surface area contributed by atoms with Gasteiger partial charge in [0.15, 0.2) is 6.61 Å². The van der Waals surface area contributed by atoms with E-state index in [-0.39, 0.29) is 23.5 Å². The monoisotopic (exact) mass is 369 g/mol. The predicted molar refractivity (Wildman–Crippen MR) is 96.1 cm³/mol. The van der Waals surface area contributed by atoms with Crippen LogP contribution in [-0.2, 0) is 14.8 Å². The summed E-state index contributed by atoms with van der Waals surface area (Å²) in [7, 11) is -1.50. The Morgan fingerprint density at radius 2 is 1.80 bits per heavy atom. The van der Waals surface area contributed by atoms with Crippen LogP contribution in [0.25, 0.3) is 0 Å². The number of hydrogen-bond acceptors (Lipinski definition) is 5. The van der Waals surface area contributed by atoms with Crippen LogP contribution >= 0.6 is 0 Å². The van der Waals surface area contributed by atoms with Crippen LogP contribution < -0.4 is 9.46 Å². The first-order valence-electron chi connectivity index (χ1n) is 8.53. The lowest BCUT2D eigenvalue weighted by Gasteiger charge is -2.32. The Bertz CT molecular complexity index is 668. The molecular formula is C17H27N3O4S. The van der Waals surface area contributed by atoms with E-state index in [1.54, 1.807) is 17.0 Å². The van der Waals surface area contributed by atoms with Crippen LogP contribution in [-0.4, -0.2) is 70.0 Å². The molecule has 1 aromatic rings. The van der Waals surface area contributed by atoms with Crippen molar-refractivity contribution in [2.45, 2.75) is 31.2 Å². The maximum Gasteiger partial charge on any atom is 0.260 e. The van der Waals surface area contributed by atoms with Gasteiger partial charge in [0.1, 0.15) is 5.75 Å². The number of sulfonamides is 1. The third-order valence-corrected chi connectivity index (χ3v) is 5.93. The van der Waals surface area contributed by atoms with Gasteiger partial charge in [-0.2, -0.15) is 0 Å². The summed E-state index contributed by atoms with van der Waals surface area (Å²) < 4.78 is 32.5. The molecule has 2 rings (SSSR count). The largest absolute Gasteiger partial charge is 0.484 e. The lowest BCUT2D eigenvalue weighted by atomic mass is 10.3. The molecule has 0 spiro atoms. The highest BCUT2D eigenvalue weighted by Crippen LogP contribution is 2.16. The molecule has 25 heavy (non-hydrogen) atoms. The quantitative estimate of drug-likeness (QED) is 0.773. The zero-order valence-electron chi connectivity index (χ0n) is 15.1. The molecule has 1 saturated heterocycles. The van der Waals surface area contributed by atoms with Gasteiger partial charge in [0.25, 0.3) is 5.91 Å². The highest BCUT2D eigenvalue weighted by molar-refractivity contribution is 7.89. The zero-order chi connectivity index (χ0) is 18.4. The fourth-order valence-corrected chi connectivity index (χ4v) is 3.75. The molecule has 1 aliphatic heterocycles. The van der Waals surface area contributed by atoms with Crippen molar-refractivity contribution in [3.63, 3.8) is 0 Å². The summed E-state index contributed by atoms with van der Waals surface area (Å²) in [6, 6.07) is 5.99. The number of carbonyl (C=O) groups is 1. The number of rotatable bonds is 7. The van der Waals surface area contributed by atoms with E-state index in [0.29, 0.717) is 18.8 Å². The second-order valence-electron chi connectivity index (χ2n) is 6.37. The number of nitrogens with one attached hydrogen (secondary N) is 1. The van der Waals surface area contributed by atoms with Crippen LogP contribution in [0.15, 0.2) is 29.2 Å². The number of nitrogens with zero attached hydrogens (tertiary/aromatic N) is 2. The van der Waals surface area contributed by atoms with Crippen LogP contribution in [0.1, 0.15) is 20.3 Å². The topological polar surface area (TPSA) is 78.9 Å². The summed E-state index contributed by atoms with van der Waals surface area (Å²) in [5, 5.41) is 0. The maximum atomic E-state index is 12.2. The van der Waals surface area contributed by atoms with E-state index < -0.39 is 10.0 Å². The van der Waals surface area contributed by atoms with Crippen LogP contribution in [0.3, 0.4) is 0 Å². The molecule has 1 aliphatic rings. The fourth-order valence-electron chi connectivity index (χ4n) is 2.42. The average molecular weight is 369 g/mol. The average Bonchev–Trinajstić information content (AvgIpc) is 2.60. The van der Waals surface area contributed by atoms with Crippen molar-refractivity contribution < 1.29 is 17.9 Å². The Morgan fingerprint density at radius 1 is 1.20 bits per heavy atom. The molecule has 0 aliphatic carbocycles. The summed E-state index contributed by atoms with van der Waals surface area (Å²) in [4.78, 5) is 16.3. The maximum absolute atomic E-state index is 12.2. The molecule has 0 saturated carbocycles. The zero-order valence-corrected chi connectivity index (χ0v) is 15.9. The highest BCUT2D eigenvalue weighted by atomic mass is 32.2. The number of amides is 1. The van der Waals surface area contributed by atoms with Gasteiger partial charge >= 0.3 is 0 Å². The second-order valence-corrected chi connectivity index (χ2v) is 8.09. The van der Waals surface area contributed by atoms with Crippen molar-refractivity contribution in [2.75, 3.05) is 39.8 Å². The minimum atomic E-state index is -3.53. The Hall–Kier alpha value is -1.64. The Morgan fingerprint density at radius 3 is 2.36 bits per heavy atom. The highest BCUT2D eigenvalue weighted by Gasteiger charge is 2.20. The van der Waals surface area contributed by atoms with Crippen molar-refractivity contribution in [3.8, 4) is 5.75 Å². The van der Waals surface area contributed by atoms with Gasteiger partial charge in [-0.25, -0.2) is 13.1 Å². The molecule has 140 valence electrons. The summed E-state index contributed by atoms with van der Waals surface area (Å²) in [5.74, 6) is 0.424. The standard InChI is InChI=1S/C17H27N3O4S/c1-4-14(2)18-25(22,23)16-7-5-15(6-8-16)24-13-17(21)20-11-9-19(3)10-12-20/h5-8,14,18H,4,9-13H2,1-3H3. The fraction of sp³-hybridized carbons (Fsp3) is 0.588. The minimum Gasteiger partial charge on any atom is -0.484 e. The van der Waals surface area contributed by atoms with Crippen molar-refractivity contribution >= 4 is 15.9 Å². The molecule has 1 fully saturated rings. The molecule has 0 aromatic heterocycles. The summed E-state index contributed by atoms with van der Waals surface area (Å²) in [6.07, 6.45) is 0.717. The smallest absolute Gasteiger partial charge is 0.260 e. The first-order chi connectivity index (χ1) is 11.8. The molecule has 0 radical (unpaired) electrons. The molecule has 8 heteroatoms. The summed E-state index contributed by atoms with van der Waals surface area (Å²) in [5.41, 5.74) is 0. The Kier molecular flexibility index (Phi) is 6.80. The number of likely N-dealkylation sites (N-methyl/N-ethyl adjacent to an activating group) is 1. The number of piperazine rings is 1. The van der Waals surface area contributed by atoms with E-state index in [9.17, 15) is 13.2 Å². The molecule has 1 heterocycles. The first kappa shape index (κ1) is 19.7. The van der Waals surface area contributed by atoms with E-state index in [1.807, 2.05) is 20.9 Å². The van der Waals surface area contributed by atoms with Gasteiger partial charge in [0, 0.05) is 32.2 Å². The summed E-state index contributed by atoms with van der Waals surface area (Å²) >= 11 is 0. The molecular weight excluding hydrogens is 342 g/mol. The van der Waals surface area contributed by atoms with Gasteiger partial charge in [0.2, 0.25) is 10.0 Å². The summed E-state index contributed by atoms with van der Waals surface area (Å²) in [6.45, 7) is 6.83. The normalized spacial score (nSPS) is 17.3. The predicted octanol–water partition coefficient (Wildman–Crippen LogP) is 0.916. The van der Waals surface area contributed by atoms with Crippen molar-refractivity contribution in [1.29, 1.82) is 0 Å². The van der Waals surface area contributed by atoms with Crippen LogP contribution in [0, 0.1) is 0 Å². The van der Waals surface area contributed by atoms with E-state index in [1.165, 1.54) is 12.1 Å². The lowest BCUT2D eigenvalue weighted by Crippen LogP contribution is -2.48. The van der Waals surface area contributed by atoms with Crippen molar-refractivity contribution in [2.24, 2.45) is 0 Å². The first-order valence-corrected chi connectivity index (χ1v) is 10.0. The molecule has 0 bridgehead atoms. The van der Waals surface area contributed by atoms with Crippen LogP contribution in [0.5, 0.6) is 5.75 Å². The number of benzene rings is 1. The van der Waals surface area contributed by atoms with Crippen molar-refractivity contribution in [3.05, 3.63) is 24.3 Å². The van der Waals surface area contributed by atoms with E-state index in [4.69, 9.17) is 4.74 Å². The van der Waals surface area contributed by atoms with Gasteiger partial charge in [-0.15, -0.1) is 0 Å². The molecule has 1 amide bonds. The molecule has 1 aromatic carbocycles. The van der Waals surface area contributed by atoms with Gasteiger partial charge < -0.3 is 14.5 Å². The SMILES string of the molecule is CCC(C)NS(=O)(=O)c1ccc(OCC(=O)N2CCN(C)CC2)cc1. The third kappa shape index (κ3) is 5.69. The van der Waals surface area contributed by atoms with Crippen LogP contribution in [0.2, 0.25) is 0 Å². The van der Waals surface area contributed by atoms with E-state index in [0.717, 1.165) is 19.5 Å². The lowest BCUT2D eigenvalue weighted by molar-refractivity contribution is -0.134. The van der Waals surface area contributed by atoms with Gasteiger partial charge in [-0.3, -0.25) is 4.79 Å². The van der Waals surface area contributed by atoms with E-state index >= 15 is 0 Å². The number of ether oxygens (including phenoxy) is 1. The van der Waals surface area contributed by atoms with Gasteiger partial charge in [-0.05, 0) is 44.7 Å². The molecule has 7 nitrogen and oxygen atoms in total. The Balaban J connectivity index is 1.89. The van der Waals surface area contributed by atoms with E-state index in [2.05, 4.69) is 9.62 Å². The second kappa shape index (κ2) is 8.64. The van der Waals surface area contributed by atoms with Crippen LogP contribution in [0.4, 0.5) is 0 Å². The number of carbonyl (C=O) groups excluding carboxylic acids is 1. The Labute approximate surface area is 150 Å². The number of hydrogen-bond donors (Lipinski definition) is 1. The minimum absolute atomic E-state index is 0.0407. The van der Waals surface area contributed by atoms with Crippen molar-refractivity contribution in [1.82, 2.24) is 14.5 Å². The third-order valence-electron chi connectivity index (χ3n) is 4.32.